The minimum atomic E-state index is -1.18. The largest absolute Gasteiger partial charge is 0.338 e. The van der Waals surface area contributed by atoms with E-state index in [9.17, 15) is 18.8 Å². The maximum atomic E-state index is 13.2. The lowest BCUT2D eigenvalue weighted by molar-refractivity contribution is -0.123. The van der Waals surface area contributed by atoms with Crippen LogP contribution in [0.25, 0.3) is 22.4 Å². The Kier molecular flexibility index (Phi) is 4.67. The Hall–Kier alpha value is -4.53. The summed E-state index contributed by atoms with van der Waals surface area (Å²) in [5, 5.41) is 7.64. The average Bonchev–Trinajstić information content (AvgIpc) is 3.34. The zero-order valence-corrected chi connectivity index (χ0v) is 17.4. The molecule has 5 rings (SSSR count). The number of amides is 4. The highest BCUT2D eigenvalue weighted by atomic mass is 19.1. The highest BCUT2D eigenvalue weighted by Crippen LogP contribution is 2.26. The van der Waals surface area contributed by atoms with Crippen molar-refractivity contribution in [3.8, 4) is 11.4 Å². The number of rotatable bonds is 4. The van der Waals surface area contributed by atoms with Gasteiger partial charge in [-0.3, -0.25) is 14.9 Å². The maximum absolute atomic E-state index is 13.2. The van der Waals surface area contributed by atoms with Crippen LogP contribution in [0.15, 0.2) is 66.7 Å². The van der Waals surface area contributed by atoms with E-state index >= 15 is 0 Å². The minimum absolute atomic E-state index is 0.321. The lowest BCUT2D eigenvalue weighted by atomic mass is 9.91. The predicted octanol–water partition coefficient (Wildman–Crippen LogP) is 3.68. The zero-order valence-electron chi connectivity index (χ0n) is 17.4. The van der Waals surface area contributed by atoms with Crippen LogP contribution in [0.3, 0.4) is 0 Å². The van der Waals surface area contributed by atoms with Gasteiger partial charge in [-0.15, -0.1) is 0 Å². The van der Waals surface area contributed by atoms with Crippen LogP contribution in [-0.2, 0) is 10.3 Å². The third-order valence-corrected chi connectivity index (χ3v) is 5.63. The number of imide groups is 1. The van der Waals surface area contributed by atoms with Gasteiger partial charge in [0.05, 0.1) is 11.0 Å². The van der Waals surface area contributed by atoms with Crippen molar-refractivity contribution in [3.63, 3.8) is 0 Å². The van der Waals surface area contributed by atoms with Gasteiger partial charge in [0, 0.05) is 16.8 Å². The number of H-pyrrole nitrogens is 1. The molecule has 0 radical (unpaired) electrons. The number of carbonyl (C=O) groups is 3. The molecular weight excluding hydrogens is 425 g/mol. The van der Waals surface area contributed by atoms with E-state index in [4.69, 9.17) is 0 Å². The molecule has 9 heteroatoms. The van der Waals surface area contributed by atoms with Gasteiger partial charge in [0.15, 0.2) is 0 Å². The molecule has 33 heavy (non-hydrogen) atoms. The number of urea groups is 1. The predicted molar refractivity (Wildman–Crippen MR) is 120 cm³/mol. The summed E-state index contributed by atoms with van der Waals surface area (Å²) in [5.41, 5.74) is 2.53. The van der Waals surface area contributed by atoms with Gasteiger partial charge >= 0.3 is 6.03 Å². The van der Waals surface area contributed by atoms with Crippen molar-refractivity contribution in [2.75, 3.05) is 5.32 Å². The van der Waals surface area contributed by atoms with Crippen molar-refractivity contribution in [1.82, 2.24) is 20.6 Å². The highest BCUT2D eigenvalue weighted by Gasteiger charge is 2.43. The van der Waals surface area contributed by atoms with E-state index in [0.717, 1.165) is 11.1 Å². The van der Waals surface area contributed by atoms with Crippen molar-refractivity contribution in [2.24, 2.45) is 0 Å². The Morgan fingerprint density at radius 1 is 1.00 bits per heavy atom. The van der Waals surface area contributed by atoms with Crippen molar-refractivity contribution in [2.45, 2.75) is 12.5 Å². The number of imidazole rings is 1. The molecule has 0 aliphatic carbocycles. The molecule has 1 aliphatic rings. The van der Waals surface area contributed by atoms with Gasteiger partial charge in [-0.1, -0.05) is 12.1 Å². The first kappa shape index (κ1) is 20.4. The second-order valence-electron chi connectivity index (χ2n) is 7.89. The monoisotopic (exact) mass is 443 g/mol. The lowest BCUT2D eigenvalue weighted by Crippen LogP contribution is -2.40. The molecule has 3 aromatic carbocycles. The van der Waals surface area contributed by atoms with Gasteiger partial charge in [0.1, 0.15) is 17.2 Å². The molecule has 1 fully saturated rings. The number of benzene rings is 3. The normalized spacial score (nSPS) is 17.6. The van der Waals surface area contributed by atoms with E-state index in [2.05, 4.69) is 25.9 Å². The molecule has 1 aromatic heterocycles. The fourth-order valence-electron chi connectivity index (χ4n) is 3.74. The SMILES string of the molecule is CC1(c2ccc(C(=O)Nc3ccc4nc(-c5ccc(F)cc5)[nH]c4c3)cc2)NC(=O)NC1=O. The van der Waals surface area contributed by atoms with Crippen LogP contribution in [-0.4, -0.2) is 27.8 Å². The standard InChI is InChI=1S/C24H18FN5O3/c1-24(22(32)29-23(33)30-24)15-6-2-14(3-7-15)21(31)26-17-10-11-18-19(12-17)28-20(27-18)13-4-8-16(25)9-5-13/h2-12H,1H3,(H,26,31)(H,27,28)(H2,29,30,32,33). The number of hydrogen-bond acceptors (Lipinski definition) is 4. The van der Waals surface area contributed by atoms with Crippen LogP contribution in [0, 0.1) is 5.82 Å². The molecule has 0 spiro atoms. The van der Waals surface area contributed by atoms with Crippen molar-refractivity contribution in [1.29, 1.82) is 0 Å². The third kappa shape index (κ3) is 3.69. The summed E-state index contributed by atoms with van der Waals surface area (Å²) >= 11 is 0. The summed E-state index contributed by atoms with van der Waals surface area (Å²) in [7, 11) is 0. The summed E-state index contributed by atoms with van der Waals surface area (Å²) in [6.45, 7) is 1.60. The van der Waals surface area contributed by atoms with Gasteiger partial charge < -0.3 is 15.6 Å². The van der Waals surface area contributed by atoms with Crippen LogP contribution in [0.5, 0.6) is 0 Å². The Bertz CT molecular complexity index is 1410. The molecule has 4 aromatic rings. The Balaban J connectivity index is 1.34. The van der Waals surface area contributed by atoms with Crippen molar-refractivity contribution in [3.05, 3.63) is 83.7 Å². The summed E-state index contributed by atoms with van der Waals surface area (Å²) in [6, 6.07) is 17.2. The number of aromatic nitrogens is 2. The molecule has 2 heterocycles. The van der Waals surface area contributed by atoms with Gasteiger partial charge in [-0.25, -0.2) is 14.2 Å². The van der Waals surface area contributed by atoms with E-state index in [1.165, 1.54) is 12.1 Å². The third-order valence-electron chi connectivity index (χ3n) is 5.63. The van der Waals surface area contributed by atoms with Crippen LogP contribution in [0.1, 0.15) is 22.8 Å². The molecule has 1 saturated heterocycles. The minimum Gasteiger partial charge on any atom is -0.338 e. The number of hydrogen-bond donors (Lipinski definition) is 4. The Morgan fingerprint density at radius 3 is 2.39 bits per heavy atom. The molecule has 1 atom stereocenters. The van der Waals surface area contributed by atoms with E-state index in [0.29, 0.717) is 28.2 Å². The van der Waals surface area contributed by atoms with Crippen LogP contribution in [0.2, 0.25) is 0 Å². The molecule has 164 valence electrons. The number of halogens is 1. The topological polar surface area (TPSA) is 116 Å². The first-order valence-corrected chi connectivity index (χ1v) is 10.1. The number of fused-ring (bicyclic) bond motifs is 1. The Morgan fingerprint density at radius 2 is 1.73 bits per heavy atom. The quantitative estimate of drug-likeness (QED) is 0.360. The van der Waals surface area contributed by atoms with Crippen LogP contribution in [0.4, 0.5) is 14.9 Å². The number of carbonyl (C=O) groups excluding carboxylic acids is 3. The van der Waals surface area contributed by atoms with Crippen molar-refractivity contribution >= 4 is 34.6 Å². The number of nitrogens with one attached hydrogen (secondary N) is 4. The van der Waals surface area contributed by atoms with Crippen LogP contribution >= 0.6 is 0 Å². The molecule has 1 aliphatic heterocycles. The highest BCUT2D eigenvalue weighted by molar-refractivity contribution is 6.08. The maximum Gasteiger partial charge on any atom is 0.322 e. The number of nitrogens with zero attached hydrogens (tertiary/aromatic N) is 1. The van der Waals surface area contributed by atoms with Gasteiger partial charge in [0.2, 0.25) is 0 Å². The molecule has 8 nitrogen and oxygen atoms in total. The van der Waals surface area contributed by atoms with E-state index < -0.39 is 17.5 Å². The Labute approximate surface area is 187 Å². The average molecular weight is 443 g/mol. The molecule has 4 N–H and O–H groups in total. The van der Waals surface area contributed by atoms with E-state index in [1.54, 1.807) is 61.5 Å². The summed E-state index contributed by atoms with van der Waals surface area (Å²) in [5.74, 6) is -0.499. The first-order chi connectivity index (χ1) is 15.8. The number of anilines is 1. The molecule has 0 saturated carbocycles. The van der Waals surface area contributed by atoms with E-state index in [-0.39, 0.29) is 11.7 Å². The van der Waals surface area contributed by atoms with Crippen LogP contribution < -0.4 is 16.0 Å². The molecule has 4 amide bonds. The smallest absolute Gasteiger partial charge is 0.322 e. The first-order valence-electron chi connectivity index (χ1n) is 10.1. The van der Waals surface area contributed by atoms with Gasteiger partial charge in [-0.05, 0) is 67.1 Å². The summed E-state index contributed by atoms with van der Waals surface area (Å²) in [4.78, 5) is 44.0. The lowest BCUT2D eigenvalue weighted by Gasteiger charge is -2.21. The number of aromatic amines is 1. The molecular formula is C24H18FN5O3. The molecule has 0 bridgehead atoms. The second-order valence-corrected chi connectivity index (χ2v) is 7.89. The van der Waals surface area contributed by atoms with Crippen molar-refractivity contribution < 1.29 is 18.8 Å². The summed E-state index contributed by atoms with van der Waals surface area (Å²) < 4.78 is 13.2. The molecule has 1 unspecified atom stereocenters. The zero-order chi connectivity index (χ0) is 23.2. The fourth-order valence-corrected chi connectivity index (χ4v) is 3.74. The second kappa shape index (κ2) is 7.56. The van der Waals surface area contributed by atoms with Gasteiger partial charge in [0.25, 0.3) is 11.8 Å². The fraction of sp³-hybridized carbons (Fsp3) is 0.0833. The van der Waals surface area contributed by atoms with Gasteiger partial charge in [-0.2, -0.15) is 0 Å². The summed E-state index contributed by atoms with van der Waals surface area (Å²) in [6.07, 6.45) is 0. The van der Waals surface area contributed by atoms with E-state index in [1.807, 2.05) is 0 Å².